The van der Waals surface area contributed by atoms with Crippen molar-refractivity contribution in [2.75, 3.05) is 18.1 Å². The monoisotopic (exact) mass is 242 g/mol. The van der Waals surface area contributed by atoms with E-state index in [1.165, 1.54) is 6.07 Å². The van der Waals surface area contributed by atoms with Crippen LogP contribution in [0.2, 0.25) is 0 Å². The molecule has 0 aliphatic heterocycles. The van der Waals surface area contributed by atoms with Crippen molar-refractivity contribution in [3.8, 4) is 0 Å². The minimum atomic E-state index is -3.28. The molecule has 3 N–H and O–H groups in total. The predicted octanol–water partition coefficient (Wildman–Crippen LogP) is 0.296. The van der Waals surface area contributed by atoms with Crippen molar-refractivity contribution >= 4 is 21.4 Å². The zero-order valence-electron chi connectivity index (χ0n) is 9.15. The molecule has 0 atom stereocenters. The molecule has 0 saturated heterocycles. The van der Waals surface area contributed by atoms with Crippen LogP contribution in [-0.2, 0) is 14.6 Å². The maximum absolute atomic E-state index is 11.4. The van der Waals surface area contributed by atoms with E-state index < -0.39 is 9.84 Å². The zero-order valence-corrected chi connectivity index (χ0v) is 9.97. The van der Waals surface area contributed by atoms with Crippen molar-refractivity contribution in [1.82, 2.24) is 0 Å². The highest BCUT2D eigenvalue weighted by molar-refractivity contribution is 7.90. The molecule has 5 nitrogen and oxygen atoms in total. The second-order valence-corrected chi connectivity index (χ2v) is 5.49. The van der Waals surface area contributed by atoms with Crippen LogP contribution in [0.4, 0.5) is 5.69 Å². The van der Waals surface area contributed by atoms with Gasteiger partial charge in [0.1, 0.15) is 0 Å². The average Bonchev–Trinajstić information content (AvgIpc) is 2.19. The van der Waals surface area contributed by atoms with Gasteiger partial charge in [-0.15, -0.1) is 0 Å². The second-order valence-electron chi connectivity index (χ2n) is 3.50. The Kier molecular flexibility index (Phi) is 3.66. The molecule has 0 unspecified atom stereocenters. The minimum absolute atomic E-state index is 0.137. The Morgan fingerprint density at radius 2 is 2.06 bits per heavy atom. The Balaban J connectivity index is 3.13. The molecule has 0 aliphatic carbocycles. The van der Waals surface area contributed by atoms with Crippen LogP contribution in [0.25, 0.3) is 0 Å². The summed E-state index contributed by atoms with van der Waals surface area (Å²) in [6, 6.07) is 4.71. The summed E-state index contributed by atoms with van der Waals surface area (Å²) in [6.07, 6.45) is 1.13. The number of nitrogens with two attached hydrogens (primary N) is 1. The lowest BCUT2D eigenvalue weighted by atomic mass is 10.2. The lowest BCUT2D eigenvalue weighted by Gasteiger charge is -2.08. The van der Waals surface area contributed by atoms with Crippen molar-refractivity contribution in [3.63, 3.8) is 0 Å². The highest BCUT2D eigenvalue weighted by Crippen LogP contribution is 2.19. The molecule has 6 heteroatoms. The van der Waals surface area contributed by atoms with Gasteiger partial charge < -0.3 is 11.1 Å². The fraction of sp³-hybridized carbons (Fsp3) is 0.300. The Morgan fingerprint density at radius 1 is 1.44 bits per heavy atom. The van der Waals surface area contributed by atoms with Gasteiger partial charge in [0.25, 0.3) is 0 Å². The second kappa shape index (κ2) is 4.63. The third-order valence-corrected chi connectivity index (χ3v) is 3.30. The summed E-state index contributed by atoms with van der Waals surface area (Å²) in [5, 5.41) is 2.50. The summed E-state index contributed by atoms with van der Waals surface area (Å²) in [5.41, 5.74) is 6.22. The Labute approximate surface area is 94.6 Å². The van der Waals surface area contributed by atoms with Gasteiger partial charge in [0.05, 0.1) is 11.4 Å². The van der Waals surface area contributed by atoms with Crippen LogP contribution in [-0.4, -0.2) is 27.1 Å². The van der Waals surface area contributed by atoms with Crippen LogP contribution in [0.15, 0.2) is 23.1 Å². The molecule has 1 amide bonds. The fourth-order valence-corrected chi connectivity index (χ4v) is 2.28. The molecular formula is C10H14N2O3S. The molecule has 1 aromatic carbocycles. The smallest absolute Gasteiger partial charge is 0.238 e. The average molecular weight is 242 g/mol. The van der Waals surface area contributed by atoms with Crippen LogP contribution in [0.1, 0.15) is 5.56 Å². The van der Waals surface area contributed by atoms with Crippen LogP contribution in [0.3, 0.4) is 0 Å². The molecule has 16 heavy (non-hydrogen) atoms. The summed E-state index contributed by atoms with van der Waals surface area (Å²) in [7, 11) is -3.28. The van der Waals surface area contributed by atoms with Crippen molar-refractivity contribution in [2.45, 2.75) is 11.8 Å². The molecule has 0 radical (unpaired) electrons. The van der Waals surface area contributed by atoms with Gasteiger partial charge in [-0.2, -0.15) is 0 Å². The van der Waals surface area contributed by atoms with E-state index >= 15 is 0 Å². The third kappa shape index (κ3) is 3.04. The van der Waals surface area contributed by atoms with E-state index in [9.17, 15) is 13.2 Å². The van der Waals surface area contributed by atoms with Gasteiger partial charge in [-0.1, -0.05) is 6.07 Å². The molecule has 0 aromatic heterocycles. The fourth-order valence-electron chi connectivity index (χ4n) is 1.29. The summed E-state index contributed by atoms with van der Waals surface area (Å²) >= 11 is 0. The molecule has 0 bridgehead atoms. The lowest BCUT2D eigenvalue weighted by Crippen LogP contribution is -2.22. The Hall–Kier alpha value is -1.40. The normalized spacial score (nSPS) is 11.2. The number of hydrogen-bond donors (Lipinski definition) is 2. The first-order chi connectivity index (χ1) is 7.34. The number of anilines is 1. The quantitative estimate of drug-likeness (QED) is 0.797. The Morgan fingerprint density at radius 3 is 2.56 bits per heavy atom. The van der Waals surface area contributed by atoms with E-state index in [2.05, 4.69) is 5.32 Å². The zero-order chi connectivity index (χ0) is 12.3. The van der Waals surface area contributed by atoms with Crippen LogP contribution in [0.5, 0.6) is 0 Å². The van der Waals surface area contributed by atoms with E-state index in [1.54, 1.807) is 19.1 Å². The van der Waals surface area contributed by atoms with Gasteiger partial charge in [0.2, 0.25) is 5.91 Å². The molecule has 0 saturated carbocycles. The molecular weight excluding hydrogens is 228 g/mol. The first kappa shape index (κ1) is 12.7. The number of carbonyl (C=O) groups is 1. The standard InChI is InChI=1S/C10H14N2O3S/c1-7-3-4-8(12-10(13)6-11)5-9(7)16(2,14)15/h3-5H,6,11H2,1-2H3,(H,12,13). The summed E-state index contributed by atoms with van der Waals surface area (Å²) < 4.78 is 22.8. The molecule has 1 rings (SSSR count). The number of nitrogens with one attached hydrogen (secondary N) is 1. The topological polar surface area (TPSA) is 89.3 Å². The third-order valence-electron chi connectivity index (χ3n) is 2.06. The van der Waals surface area contributed by atoms with Crippen molar-refractivity contribution in [1.29, 1.82) is 0 Å². The van der Waals surface area contributed by atoms with Crippen LogP contribution < -0.4 is 11.1 Å². The highest BCUT2D eigenvalue weighted by atomic mass is 32.2. The van der Waals surface area contributed by atoms with Crippen molar-refractivity contribution in [2.24, 2.45) is 5.73 Å². The maximum Gasteiger partial charge on any atom is 0.238 e. The maximum atomic E-state index is 11.4. The molecule has 0 spiro atoms. The highest BCUT2D eigenvalue weighted by Gasteiger charge is 2.12. The van der Waals surface area contributed by atoms with Gasteiger partial charge in [0.15, 0.2) is 9.84 Å². The van der Waals surface area contributed by atoms with Gasteiger partial charge in [0, 0.05) is 11.9 Å². The summed E-state index contributed by atoms with van der Waals surface area (Å²) in [6.45, 7) is 1.56. The lowest BCUT2D eigenvalue weighted by molar-refractivity contribution is -0.114. The molecule has 0 aliphatic rings. The van der Waals surface area contributed by atoms with E-state index in [0.717, 1.165) is 6.26 Å². The number of aryl methyl sites for hydroxylation is 1. The van der Waals surface area contributed by atoms with E-state index in [0.29, 0.717) is 11.3 Å². The number of sulfone groups is 1. The van der Waals surface area contributed by atoms with Gasteiger partial charge in [-0.25, -0.2) is 8.42 Å². The van der Waals surface area contributed by atoms with E-state index in [4.69, 9.17) is 5.73 Å². The van der Waals surface area contributed by atoms with Crippen LogP contribution in [0, 0.1) is 6.92 Å². The Bertz CT molecular complexity index is 509. The van der Waals surface area contributed by atoms with Crippen molar-refractivity contribution < 1.29 is 13.2 Å². The van der Waals surface area contributed by atoms with Gasteiger partial charge in [-0.3, -0.25) is 4.79 Å². The number of benzene rings is 1. The number of hydrogen-bond acceptors (Lipinski definition) is 4. The molecule has 0 heterocycles. The number of rotatable bonds is 3. The minimum Gasteiger partial charge on any atom is -0.325 e. The summed E-state index contributed by atoms with van der Waals surface area (Å²) in [5.74, 6) is -0.358. The predicted molar refractivity (Wildman–Crippen MR) is 62.0 cm³/mol. The first-order valence-corrected chi connectivity index (χ1v) is 6.54. The number of carbonyl (C=O) groups excluding carboxylic acids is 1. The van der Waals surface area contributed by atoms with E-state index in [1.807, 2.05) is 0 Å². The molecule has 0 fully saturated rings. The van der Waals surface area contributed by atoms with E-state index in [-0.39, 0.29) is 17.3 Å². The number of amides is 1. The van der Waals surface area contributed by atoms with Crippen LogP contribution >= 0.6 is 0 Å². The SMILES string of the molecule is Cc1ccc(NC(=O)CN)cc1S(C)(=O)=O. The first-order valence-electron chi connectivity index (χ1n) is 4.65. The summed E-state index contributed by atoms with van der Waals surface area (Å²) in [4.78, 5) is 11.3. The largest absolute Gasteiger partial charge is 0.325 e. The van der Waals surface area contributed by atoms with Gasteiger partial charge >= 0.3 is 0 Å². The van der Waals surface area contributed by atoms with Gasteiger partial charge in [-0.05, 0) is 24.6 Å². The van der Waals surface area contributed by atoms with Crippen molar-refractivity contribution in [3.05, 3.63) is 23.8 Å². The molecule has 1 aromatic rings. The molecule has 88 valence electrons.